The van der Waals surface area contributed by atoms with Gasteiger partial charge < -0.3 is 14.0 Å². The molecular formula is C71H45N3. The van der Waals surface area contributed by atoms with Crippen molar-refractivity contribution in [1.82, 2.24) is 9.13 Å². The third-order valence-electron chi connectivity index (χ3n) is 16.3. The highest BCUT2D eigenvalue weighted by atomic mass is 15.1. The van der Waals surface area contributed by atoms with Crippen LogP contribution in [-0.2, 0) is 5.41 Å². The van der Waals surface area contributed by atoms with E-state index in [1.807, 2.05) is 0 Å². The Hall–Kier alpha value is -9.70. The van der Waals surface area contributed by atoms with Gasteiger partial charge in [0.1, 0.15) is 0 Å². The normalized spacial score (nSPS) is 14.3. The molecule has 74 heavy (non-hydrogen) atoms. The van der Waals surface area contributed by atoms with Crippen molar-refractivity contribution >= 4 is 71.4 Å². The summed E-state index contributed by atoms with van der Waals surface area (Å²) in [6.07, 6.45) is 0. The van der Waals surface area contributed by atoms with Gasteiger partial charge in [-0.05, 0) is 128 Å². The van der Waals surface area contributed by atoms with Gasteiger partial charge in [0.25, 0.3) is 0 Å². The summed E-state index contributed by atoms with van der Waals surface area (Å²) in [7, 11) is 0. The fourth-order valence-electron chi connectivity index (χ4n) is 13.3. The van der Waals surface area contributed by atoms with Gasteiger partial charge in [-0.1, -0.05) is 200 Å². The molecule has 0 fully saturated rings. The summed E-state index contributed by atoms with van der Waals surface area (Å²) in [5.74, 6) is 0. The van der Waals surface area contributed by atoms with Crippen LogP contribution in [0.1, 0.15) is 22.3 Å². The van der Waals surface area contributed by atoms with Crippen LogP contribution in [0.4, 0.5) is 17.1 Å². The van der Waals surface area contributed by atoms with E-state index in [1.165, 1.54) is 110 Å². The van der Waals surface area contributed by atoms with Crippen molar-refractivity contribution in [3.05, 3.63) is 295 Å². The summed E-state index contributed by atoms with van der Waals surface area (Å²) in [5, 5.41) is 7.43. The molecule has 1 unspecified atom stereocenters. The average Bonchev–Trinajstić information content (AvgIpc) is 4.19. The molecule has 0 N–H and O–H groups in total. The van der Waals surface area contributed by atoms with E-state index in [4.69, 9.17) is 0 Å². The fraction of sp³-hybridized carbons (Fsp3) is 0.0141. The maximum Gasteiger partial charge on any atom is 0.0726 e. The molecule has 0 amide bonds. The van der Waals surface area contributed by atoms with Gasteiger partial charge in [-0.3, -0.25) is 0 Å². The first-order valence-electron chi connectivity index (χ1n) is 25.7. The van der Waals surface area contributed by atoms with Gasteiger partial charge in [-0.2, -0.15) is 0 Å². The number of anilines is 3. The lowest BCUT2D eigenvalue weighted by molar-refractivity contribution is 0.794. The molecule has 12 aromatic carbocycles. The van der Waals surface area contributed by atoms with E-state index in [2.05, 4.69) is 287 Å². The van der Waals surface area contributed by atoms with Gasteiger partial charge in [-0.15, -0.1) is 0 Å². The molecule has 2 aliphatic carbocycles. The molecule has 1 atom stereocenters. The largest absolute Gasteiger partial charge is 0.310 e. The third kappa shape index (κ3) is 5.55. The van der Waals surface area contributed by atoms with Gasteiger partial charge in [0.15, 0.2) is 0 Å². The topological polar surface area (TPSA) is 13.1 Å². The first-order valence-corrected chi connectivity index (χ1v) is 25.7. The van der Waals surface area contributed by atoms with E-state index >= 15 is 0 Å². The molecule has 2 aliphatic rings. The van der Waals surface area contributed by atoms with Crippen LogP contribution >= 0.6 is 0 Å². The van der Waals surface area contributed by atoms with Gasteiger partial charge in [0.2, 0.25) is 0 Å². The van der Waals surface area contributed by atoms with E-state index in [9.17, 15) is 0 Å². The van der Waals surface area contributed by atoms with Crippen LogP contribution in [0.25, 0.3) is 99.1 Å². The van der Waals surface area contributed by atoms with Gasteiger partial charge >= 0.3 is 0 Å². The summed E-state index contributed by atoms with van der Waals surface area (Å²) in [5.41, 5.74) is 22.8. The van der Waals surface area contributed by atoms with Gasteiger partial charge in [0.05, 0.1) is 33.2 Å². The minimum Gasteiger partial charge on any atom is -0.310 e. The Kier molecular flexibility index (Phi) is 8.66. The first kappa shape index (κ1) is 41.0. The Morgan fingerprint density at radius 2 is 0.878 bits per heavy atom. The molecule has 0 bridgehead atoms. The lowest BCUT2D eigenvalue weighted by Crippen LogP contribution is -2.25. The quantitative estimate of drug-likeness (QED) is 0.162. The number of rotatable bonds is 6. The van der Waals surface area contributed by atoms with E-state index in [0.29, 0.717) is 0 Å². The second-order valence-electron chi connectivity index (χ2n) is 19.9. The van der Waals surface area contributed by atoms with Crippen LogP contribution in [-0.4, -0.2) is 9.13 Å². The van der Waals surface area contributed by atoms with Crippen molar-refractivity contribution < 1.29 is 0 Å². The van der Waals surface area contributed by atoms with Gasteiger partial charge in [0, 0.05) is 55.2 Å². The van der Waals surface area contributed by atoms with E-state index in [-0.39, 0.29) is 0 Å². The number of fused-ring (bicyclic) bond motifs is 19. The second-order valence-corrected chi connectivity index (χ2v) is 19.9. The molecule has 3 heteroatoms. The minimum atomic E-state index is -0.558. The maximum absolute atomic E-state index is 2.60. The zero-order valence-electron chi connectivity index (χ0n) is 40.3. The second kappa shape index (κ2) is 15.6. The third-order valence-corrected chi connectivity index (χ3v) is 16.3. The zero-order chi connectivity index (χ0) is 48.5. The van der Waals surface area contributed by atoms with E-state index in [1.54, 1.807) is 0 Å². The number of nitrogens with zero attached hydrogens (tertiary/aromatic N) is 3. The van der Waals surface area contributed by atoms with Crippen molar-refractivity contribution in [3.8, 4) is 44.8 Å². The standard InChI is InChI=1S/C71H45N3/c1-4-21-49(22-5-1)72(64-34-18-20-47-19-10-11-27-53(47)64)52-38-35-46(36-39-52)48-37-40-55-54-28-12-15-31-60(54)71(63(55)45-48)61-32-16-13-29-58(61)67-62(71)43-41-56-57-42-44-66-68(70(57)74(69(56)67)51-25-8-3-9-26-51)59-30-14-17-33-65(59)73(66)50-23-6-2-7-24-50/h1-45H. The van der Waals surface area contributed by atoms with E-state index < -0.39 is 5.41 Å². The number of para-hydroxylation sites is 4. The Bertz CT molecular complexity index is 4580. The van der Waals surface area contributed by atoms with Crippen LogP contribution in [0.3, 0.4) is 0 Å². The Morgan fingerprint density at radius 3 is 1.66 bits per heavy atom. The Morgan fingerprint density at radius 1 is 0.311 bits per heavy atom. The highest BCUT2D eigenvalue weighted by Crippen LogP contribution is 2.65. The molecule has 3 nitrogen and oxygen atoms in total. The summed E-state index contributed by atoms with van der Waals surface area (Å²) in [4.78, 5) is 2.38. The SMILES string of the molecule is c1ccc(N(c2ccc(-c3ccc4c(c3)C3(c5ccccc5-4)c4ccccc4-c4c3ccc3c5ccc6c(c7ccccc7n6-c6ccccc6)c5n(-c5ccccc5)c43)cc2)c2cccc3ccccc23)cc1. The van der Waals surface area contributed by atoms with Crippen molar-refractivity contribution in [2.45, 2.75) is 5.41 Å². The summed E-state index contributed by atoms with van der Waals surface area (Å²) in [6.45, 7) is 0. The predicted molar refractivity (Wildman–Crippen MR) is 309 cm³/mol. The summed E-state index contributed by atoms with van der Waals surface area (Å²) < 4.78 is 5.04. The molecule has 2 aromatic heterocycles. The first-order chi connectivity index (χ1) is 36.8. The summed E-state index contributed by atoms with van der Waals surface area (Å²) in [6, 6.07) is 101. The maximum atomic E-state index is 2.60. The van der Waals surface area contributed by atoms with Crippen molar-refractivity contribution in [3.63, 3.8) is 0 Å². The lowest BCUT2D eigenvalue weighted by Gasteiger charge is -2.31. The van der Waals surface area contributed by atoms with Crippen molar-refractivity contribution in [2.75, 3.05) is 4.90 Å². The zero-order valence-corrected chi connectivity index (χ0v) is 40.3. The molecule has 16 rings (SSSR count). The number of hydrogen-bond donors (Lipinski definition) is 0. The van der Waals surface area contributed by atoms with E-state index in [0.717, 1.165) is 28.4 Å². The molecule has 344 valence electrons. The predicted octanol–water partition coefficient (Wildman–Crippen LogP) is 18.5. The molecule has 14 aromatic rings. The van der Waals surface area contributed by atoms with Crippen LogP contribution in [0, 0.1) is 0 Å². The number of aromatic nitrogens is 2. The monoisotopic (exact) mass is 939 g/mol. The minimum absolute atomic E-state index is 0.558. The molecule has 2 heterocycles. The van der Waals surface area contributed by atoms with Crippen LogP contribution in [0.5, 0.6) is 0 Å². The Labute approximate surface area is 428 Å². The van der Waals surface area contributed by atoms with Crippen molar-refractivity contribution in [1.29, 1.82) is 0 Å². The van der Waals surface area contributed by atoms with Crippen LogP contribution in [0.15, 0.2) is 273 Å². The summed E-state index contributed by atoms with van der Waals surface area (Å²) >= 11 is 0. The van der Waals surface area contributed by atoms with Crippen LogP contribution in [0.2, 0.25) is 0 Å². The Balaban J connectivity index is 0.939. The highest BCUT2D eigenvalue weighted by Gasteiger charge is 2.52. The molecular weight excluding hydrogens is 895 g/mol. The lowest BCUT2D eigenvalue weighted by atomic mass is 9.70. The van der Waals surface area contributed by atoms with Crippen LogP contribution < -0.4 is 4.90 Å². The molecule has 0 aliphatic heterocycles. The van der Waals surface area contributed by atoms with Gasteiger partial charge in [-0.25, -0.2) is 0 Å². The fourth-order valence-corrected chi connectivity index (χ4v) is 13.3. The number of benzene rings is 12. The molecule has 0 saturated carbocycles. The molecule has 0 saturated heterocycles. The smallest absolute Gasteiger partial charge is 0.0726 e. The van der Waals surface area contributed by atoms with Crippen molar-refractivity contribution in [2.24, 2.45) is 0 Å². The highest BCUT2D eigenvalue weighted by molar-refractivity contribution is 6.28. The number of hydrogen-bond acceptors (Lipinski definition) is 1. The average molecular weight is 940 g/mol. The molecule has 0 radical (unpaired) electrons. The molecule has 1 spiro atoms.